The molecule has 0 atom stereocenters. The molecule has 0 saturated carbocycles. The molecule has 6 nitrogen and oxygen atoms in total. The fourth-order valence-corrected chi connectivity index (χ4v) is 3.73. The van der Waals surface area contributed by atoms with Crippen molar-refractivity contribution in [3.8, 4) is 17.5 Å². The first-order valence-electron chi connectivity index (χ1n) is 9.38. The number of fused-ring (bicyclic) bond motifs is 1. The van der Waals surface area contributed by atoms with Crippen molar-refractivity contribution in [2.45, 2.75) is 32.5 Å². The van der Waals surface area contributed by atoms with Crippen molar-refractivity contribution in [1.29, 1.82) is 5.26 Å². The van der Waals surface area contributed by atoms with E-state index in [1.807, 2.05) is 6.92 Å². The molecular weight excluding hydrogens is 431 g/mol. The molecule has 0 bridgehead atoms. The number of benzene rings is 1. The van der Waals surface area contributed by atoms with Crippen LogP contribution >= 0.6 is 11.6 Å². The summed E-state index contributed by atoms with van der Waals surface area (Å²) in [6, 6.07) is 7.42. The number of pyridine rings is 1. The predicted molar refractivity (Wildman–Crippen MR) is 107 cm³/mol. The fraction of sp³-hybridized carbons (Fsp3) is 0.238. The summed E-state index contributed by atoms with van der Waals surface area (Å²) < 4.78 is 48.2. The molecule has 0 aliphatic carbocycles. The molecule has 4 aromatic rings. The van der Waals surface area contributed by atoms with Crippen LogP contribution in [0.3, 0.4) is 0 Å². The molecule has 10 heteroatoms. The smallest absolute Gasteiger partial charge is 0.337 e. The molecule has 0 aliphatic heterocycles. The molecule has 0 saturated heterocycles. The molecule has 0 N–H and O–H groups in total. The lowest BCUT2D eigenvalue weighted by Gasteiger charge is -2.11. The van der Waals surface area contributed by atoms with Crippen LogP contribution in [0, 0.1) is 11.3 Å². The number of nitriles is 1. The van der Waals surface area contributed by atoms with Crippen LogP contribution in [-0.2, 0) is 19.1 Å². The average Bonchev–Trinajstić information content (AvgIpc) is 3.32. The number of hydrogen-bond acceptors (Lipinski definition) is 5. The Hall–Kier alpha value is -3.38. The van der Waals surface area contributed by atoms with Crippen molar-refractivity contribution in [2.75, 3.05) is 0 Å². The summed E-state index contributed by atoms with van der Waals surface area (Å²) in [5.74, 6) is 0.451. The molecule has 3 aromatic heterocycles. The van der Waals surface area contributed by atoms with Crippen LogP contribution in [0.15, 0.2) is 41.2 Å². The summed E-state index contributed by atoms with van der Waals surface area (Å²) in [5, 5.41) is 13.5. The van der Waals surface area contributed by atoms with Gasteiger partial charge in [-0.3, -0.25) is 4.98 Å². The second-order valence-corrected chi connectivity index (χ2v) is 7.28. The highest BCUT2D eigenvalue weighted by atomic mass is 35.5. The number of hydrogen-bond donors (Lipinski definition) is 0. The summed E-state index contributed by atoms with van der Waals surface area (Å²) >= 11 is 6.14. The van der Waals surface area contributed by atoms with Crippen molar-refractivity contribution in [3.63, 3.8) is 0 Å². The average molecular weight is 446 g/mol. The zero-order valence-corrected chi connectivity index (χ0v) is 17.0. The van der Waals surface area contributed by atoms with Gasteiger partial charge >= 0.3 is 6.18 Å². The van der Waals surface area contributed by atoms with Gasteiger partial charge in [0.25, 0.3) is 5.89 Å². The minimum Gasteiger partial charge on any atom is -0.337 e. The molecule has 0 unspecified atom stereocenters. The largest absolute Gasteiger partial charge is 0.418 e. The number of alkyl halides is 3. The molecule has 0 radical (unpaired) electrons. The summed E-state index contributed by atoms with van der Waals surface area (Å²) in [5.41, 5.74) is 0.157. The van der Waals surface area contributed by atoms with Gasteiger partial charge in [-0.15, -0.1) is 0 Å². The molecule has 0 spiro atoms. The maximum Gasteiger partial charge on any atom is 0.418 e. The molecule has 158 valence electrons. The van der Waals surface area contributed by atoms with E-state index in [0.717, 1.165) is 6.42 Å². The van der Waals surface area contributed by atoms with Crippen LogP contribution in [0.1, 0.15) is 36.0 Å². The van der Waals surface area contributed by atoms with Gasteiger partial charge in [0.2, 0.25) is 0 Å². The highest BCUT2D eigenvalue weighted by Crippen LogP contribution is 2.39. The van der Waals surface area contributed by atoms with E-state index < -0.39 is 17.3 Å². The first-order chi connectivity index (χ1) is 14.8. The maximum absolute atomic E-state index is 13.7. The third kappa shape index (κ3) is 3.86. The summed E-state index contributed by atoms with van der Waals surface area (Å²) in [6.07, 6.45) is -0.360. The molecular formula is C21H15ClF3N5O. The topological polar surface area (TPSA) is 80.5 Å². The minimum absolute atomic E-state index is 0.0194. The number of aromatic nitrogens is 4. The Bertz CT molecular complexity index is 1300. The van der Waals surface area contributed by atoms with Crippen LogP contribution in [0.4, 0.5) is 13.2 Å². The van der Waals surface area contributed by atoms with E-state index in [0.29, 0.717) is 28.2 Å². The van der Waals surface area contributed by atoms with E-state index in [1.54, 1.807) is 16.7 Å². The molecule has 0 fully saturated rings. The van der Waals surface area contributed by atoms with E-state index in [-0.39, 0.29) is 23.6 Å². The van der Waals surface area contributed by atoms with Gasteiger partial charge in [0, 0.05) is 29.0 Å². The normalized spacial score (nSPS) is 11.7. The van der Waals surface area contributed by atoms with Gasteiger partial charge < -0.3 is 9.09 Å². The van der Waals surface area contributed by atoms with Gasteiger partial charge in [-0.2, -0.15) is 23.4 Å². The second kappa shape index (κ2) is 8.04. The molecule has 31 heavy (non-hydrogen) atoms. The van der Waals surface area contributed by atoms with Gasteiger partial charge in [-0.1, -0.05) is 30.1 Å². The Labute approximate surface area is 179 Å². The SMILES string of the molecule is CCCc1cc2c(C(F)(F)F)c(C#N)ccc2n1Cc1noc(-c2cnccc2Cl)n1. The first kappa shape index (κ1) is 20.9. The Kier molecular flexibility index (Phi) is 5.41. The lowest BCUT2D eigenvalue weighted by Crippen LogP contribution is -2.09. The lowest BCUT2D eigenvalue weighted by atomic mass is 10.0. The molecule has 0 aliphatic rings. The van der Waals surface area contributed by atoms with E-state index in [1.165, 1.54) is 30.6 Å². The summed E-state index contributed by atoms with van der Waals surface area (Å²) in [6.45, 7) is 2.04. The van der Waals surface area contributed by atoms with E-state index in [9.17, 15) is 18.4 Å². The van der Waals surface area contributed by atoms with Gasteiger partial charge in [0.05, 0.1) is 34.3 Å². The van der Waals surface area contributed by atoms with E-state index in [4.69, 9.17) is 16.1 Å². The van der Waals surface area contributed by atoms with Crippen LogP contribution in [0.5, 0.6) is 0 Å². The Balaban J connectivity index is 1.82. The highest BCUT2D eigenvalue weighted by molar-refractivity contribution is 6.33. The minimum atomic E-state index is -4.66. The van der Waals surface area contributed by atoms with Crippen molar-refractivity contribution in [1.82, 2.24) is 19.7 Å². The molecule has 3 heterocycles. The van der Waals surface area contributed by atoms with Crippen LogP contribution in [0.25, 0.3) is 22.4 Å². The van der Waals surface area contributed by atoms with Crippen molar-refractivity contribution in [3.05, 3.63) is 64.3 Å². The fourth-order valence-electron chi connectivity index (χ4n) is 3.54. The number of aryl methyl sites for hydroxylation is 1. The van der Waals surface area contributed by atoms with E-state index in [2.05, 4.69) is 15.1 Å². The van der Waals surface area contributed by atoms with E-state index >= 15 is 0 Å². The summed E-state index contributed by atoms with van der Waals surface area (Å²) in [7, 11) is 0. The number of nitrogens with zero attached hydrogens (tertiary/aromatic N) is 5. The zero-order chi connectivity index (χ0) is 22.2. The molecule has 1 aromatic carbocycles. The monoisotopic (exact) mass is 445 g/mol. The van der Waals surface area contributed by atoms with Gasteiger partial charge in [-0.05, 0) is 30.7 Å². The van der Waals surface area contributed by atoms with Crippen LogP contribution in [-0.4, -0.2) is 19.7 Å². The standard InChI is InChI=1S/C21H15ClF3N5O/c1-2-3-13-8-14-17(5-4-12(9-26)19(14)21(23,24)25)30(13)11-18-28-20(31-29-18)15-10-27-7-6-16(15)22/h4-8,10H,2-3,11H2,1H3. The van der Waals surface area contributed by atoms with Gasteiger partial charge in [0.1, 0.15) is 0 Å². The summed E-state index contributed by atoms with van der Waals surface area (Å²) in [4.78, 5) is 8.32. The van der Waals surface area contributed by atoms with Gasteiger partial charge in [0.15, 0.2) is 5.82 Å². The number of rotatable bonds is 5. The quantitative estimate of drug-likeness (QED) is 0.397. The zero-order valence-electron chi connectivity index (χ0n) is 16.2. The van der Waals surface area contributed by atoms with Crippen LogP contribution < -0.4 is 0 Å². The number of halogens is 4. The lowest BCUT2D eigenvalue weighted by molar-refractivity contribution is -0.136. The maximum atomic E-state index is 13.7. The van der Waals surface area contributed by atoms with Crippen molar-refractivity contribution in [2.24, 2.45) is 0 Å². The Morgan fingerprint density at radius 1 is 1.26 bits per heavy atom. The van der Waals surface area contributed by atoms with Gasteiger partial charge in [-0.25, -0.2) is 0 Å². The van der Waals surface area contributed by atoms with Crippen molar-refractivity contribution >= 4 is 22.5 Å². The highest BCUT2D eigenvalue weighted by Gasteiger charge is 2.36. The third-order valence-electron chi connectivity index (χ3n) is 4.85. The van der Waals surface area contributed by atoms with Crippen LogP contribution in [0.2, 0.25) is 5.02 Å². The Morgan fingerprint density at radius 3 is 2.74 bits per heavy atom. The van der Waals surface area contributed by atoms with Crippen molar-refractivity contribution < 1.29 is 17.7 Å². The second-order valence-electron chi connectivity index (χ2n) is 6.87. The third-order valence-corrected chi connectivity index (χ3v) is 5.18. The first-order valence-corrected chi connectivity index (χ1v) is 9.76. The molecule has 4 rings (SSSR count). The Morgan fingerprint density at radius 2 is 2.06 bits per heavy atom. The molecule has 0 amide bonds. The predicted octanol–water partition coefficient (Wildman–Crippen LogP) is 5.63.